The zero-order valence-corrected chi connectivity index (χ0v) is 16.4. The number of alkyl halides is 1. The van der Waals surface area contributed by atoms with Crippen molar-refractivity contribution in [3.63, 3.8) is 0 Å². The molecular formula is C12H23ClN2O10Pt. The maximum atomic E-state index is 10.9. The van der Waals surface area contributed by atoms with Gasteiger partial charge in [-0.3, -0.25) is 0 Å². The van der Waals surface area contributed by atoms with Gasteiger partial charge in [0.1, 0.15) is 24.4 Å². The molecule has 26 heavy (non-hydrogen) atoms. The van der Waals surface area contributed by atoms with Crippen molar-refractivity contribution in [3.05, 3.63) is 12.3 Å². The summed E-state index contributed by atoms with van der Waals surface area (Å²) < 4.78 is 10.2. The monoisotopic (exact) mass is 585 g/mol. The zero-order chi connectivity index (χ0) is 17.8. The molecule has 10 N–H and O–H groups in total. The van der Waals surface area contributed by atoms with Crippen LogP contribution in [0.1, 0.15) is 12.8 Å². The van der Waals surface area contributed by atoms with Crippen molar-refractivity contribution in [2.24, 2.45) is 0 Å². The summed E-state index contributed by atoms with van der Waals surface area (Å²) in [5, 5.41) is 55.5. The molecule has 0 saturated carbocycles. The second-order valence-electron chi connectivity index (χ2n) is 5.08. The Bertz CT molecular complexity index is 430. The molecule has 14 heteroatoms. The number of aliphatic carboxylic acids is 2. The molecule has 0 aromatic heterocycles. The Labute approximate surface area is 168 Å². The van der Waals surface area contributed by atoms with Gasteiger partial charge in [-0.2, -0.15) is 0 Å². The molecule has 0 aromatic rings. The number of hydrogen-bond donors (Lipinski definition) is 6. The first kappa shape index (κ1) is 30.3. The molecular weight excluding hydrogens is 563 g/mol. The minimum Gasteiger partial charge on any atom is -0.693 e. The van der Waals surface area contributed by atoms with Gasteiger partial charge < -0.3 is 52.4 Å². The summed E-state index contributed by atoms with van der Waals surface area (Å²) in [7, 11) is 0. The second kappa shape index (κ2) is 12.9. The number of hydrogen-bond acceptors (Lipinski definition) is 8. The zero-order valence-electron chi connectivity index (χ0n) is 13.4. The van der Waals surface area contributed by atoms with Crippen LogP contribution in [0, 0.1) is 0 Å². The summed E-state index contributed by atoms with van der Waals surface area (Å²) >= 11 is 5.51. The molecule has 0 radical (unpaired) electrons. The van der Waals surface area contributed by atoms with Crippen molar-refractivity contribution in [1.82, 2.24) is 0 Å². The molecule has 12 nitrogen and oxygen atoms in total. The second-order valence-corrected chi connectivity index (χ2v) is 5.73. The number of nitrogens with two attached hydrogens (primary N) is 2. The molecule has 5 atom stereocenters. The fourth-order valence-electron chi connectivity index (χ4n) is 2.03. The topological polar surface area (TPSA) is 241 Å². The first-order chi connectivity index (χ1) is 10.6. The van der Waals surface area contributed by atoms with Gasteiger partial charge >= 0.3 is 33.0 Å². The summed E-state index contributed by atoms with van der Waals surface area (Å²) in [6.07, 6.45) is -7.75. The van der Waals surface area contributed by atoms with E-state index in [4.69, 9.17) is 36.4 Å². The Morgan fingerprint density at radius 3 is 1.96 bits per heavy atom. The molecule has 0 spiro atoms. The van der Waals surface area contributed by atoms with E-state index in [1.54, 1.807) is 0 Å². The van der Waals surface area contributed by atoms with Crippen LogP contribution >= 0.6 is 11.6 Å². The van der Waals surface area contributed by atoms with E-state index >= 15 is 0 Å². The average Bonchev–Trinajstić information content (AvgIpc) is 2.50. The Morgan fingerprint density at radius 1 is 1.04 bits per heavy atom. The maximum Gasteiger partial charge on any atom is 2.00 e. The predicted molar refractivity (Wildman–Crippen MR) is 83.4 cm³/mol. The van der Waals surface area contributed by atoms with Crippen LogP contribution < -0.4 is 0 Å². The fraction of sp³-hybridized carbons (Fsp3) is 0.833. The van der Waals surface area contributed by atoms with Crippen molar-refractivity contribution >= 4 is 23.5 Å². The number of halogens is 1. The summed E-state index contributed by atoms with van der Waals surface area (Å²) in [5.41, 5.74) is 0. The Balaban J connectivity index is -0.00000176. The summed E-state index contributed by atoms with van der Waals surface area (Å²) in [6, 6.07) is 0. The van der Waals surface area contributed by atoms with Gasteiger partial charge in [0.25, 0.3) is 0 Å². The number of aliphatic hydroxyl groups excluding tert-OH is 4. The van der Waals surface area contributed by atoms with E-state index in [2.05, 4.69) is 0 Å². The quantitative estimate of drug-likeness (QED) is 0.117. The molecule has 1 unspecified atom stereocenters. The van der Waals surface area contributed by atoms with E-state index in [0.29, 0.717) is 0 Å². The van der Waals surface area contributed by atoms with Gasteiger partial charge in [-0.25, -0.2) is 9.59 Å². The SMILES string of the molecule is O=C(O)C(Cl)(CCCOC1O[C@H](CO)[C@@H](O)[C@H](O)[C@@H]1O)C(=O)O.[NH2-].[NH2-].[Pt+2]. The van der Waals surface area contributed by atoms with Gasteiger partial charge in [0, 0.05) is 6.61 Å². The number of aliphatic hydroxyl groups is 4. The van der Waals surface area contributed by atoms with Crippen LogP contribution in [0.15, 0.2) is 0 Å². The summed E-state index contributed by atoms with van der Waals surface area (Å²) in [5.74, 6) is -3.42. The summed E-state index contributed by atoms with van der Waals surface area (Å²) in [6.45, 7) is -0.842. The molecule has 158 valence electrons. The molecule has 1 heterocycles. The number of rotatable bonds is 8. The predicted octanol–water partition coefficient (Wildman–Crippen LogP) is -0.838. The Kier molecular flexibility index (Phi) is 15.0. The Hall–Kier alpha value is -0.402. The first-order valence-corrected chi connectivity index (χ1v) is 7.10. The molecule has 1 fully saturated rings. The van der Waals surface area contributed by atoms with Gasteiger partial charge in [0.05, 0.1) is 6.61 Å². The van der Waals surface area contributed by atoms with Crippen LogP contribution in [-0.2, 0) is 40.1 Å². The minimum atomic E-state index is -2.49. The van der Waals surface area contributed by atoms with Gasteiger partial charge in [-0.05, 0) is 12.8 Å². The minimum absolute atomic E-state index is 0. The third kappa shape index (κ3) is 6.96. The van der Waals surface area contributed by atoms with Crippen molar-refractivity contribution in [1.29, 1.82) is 0 Å². The van der Waals surface area contributed by atoms with Crippen LogP contribution in [0.4, 0.5) is 0 Å². The molecule has 1 rings (SSSR count). The van der Waals surface area contributed by atoms with Crippen molar-refractivity contribution in [3.8, 4) is 0 Å². The Morgan fingerprint density at radius 2 is 1.54 bits per heavy atom. The van der Waals surface area contributed by atoms with Crippen LogP contribution in [0.5, 0.6) is 0 Å². The molecule has 0 bridgehead atoms. The molecule has 1 aliphatic rings. The van der Waals surface area contributed by atoms with E-state index in [-0.39, 0.29) is 46.4 Å². The standard InChI is InChI=1S/C12H19ClO10.2H2N.Pt/c13-12(10(18)19,11(20)21)2-1-3-22-9-8(17)7(16)6(15)5(4-14)23-9;;;/h5-9,14-17H,1-4H2,(H,18,19)(H,20,21);2*1H2;/q;2*-1;+2/t5-,6-,7+,8+,9?;;;/m1.../s1. The molecule has 0 aliphatic carbocycles. The summed E-state index contributed by atoms with van der Waals surface area (Å²) in [4.78, 5) is 19.2. The van der Waals surface area contributed by atoms with Gasteiger partial charge in [-0.1, -0.05) is 11.6 Å². The van der Waals surface area contributed by atoms with E-state index < -0.39 is 60.5 Å². The van der Waals surface area contributed by atoms with Crippen molar-refractivity contribution < 1.29 is 70.8 Å². The number of carboxylic acid groups (broad SMARTS) is 2. The molecule has 0 amide bonds. The first-order valence-electron chi connectivity index (χ1n) is 6.73. The van der Waals surface area contributed by atoms with Crippen LogP contribution in [-0.4, -0.2) is 91.4 Å². The van der Waals surface area contributed by atoms with E-state index in [0.717, 1.165) is 0 Å². The van der Waals surface area contributed by atoms with Crippen LogP contribution in [0.25, 0.3) is 12.3 Å². The third-order valence-corrected chi connectivity index (χ3v) is 3.99. The normalized spacial score (nSPS) is 28.1. The number of carbonyl (C=O) groups is 2. The van der Waals surface area contributed by atoms with E-state index in [1.165, 1.54) is 0 Å². The van der Waals surface area contributed by atoms with Crippen molar-refractivity contribution in [2.45, 2.75) is 48.4 Å². The number of ether oxygens (including phenoxy) is 2. The van der Waals surface area contributed by atoms with Crippen LogP contribution in [0.2, 0.25) is 0 Å². The van der Waals surface area contributed by atoms with Crippen LogP contribution in [0.3, 0.4) is 0 Å². The largest absolute Gasteiger partial charge is 2.00 e. The molecule has 1 saturated heterocycles. The smallest absolute Gasteiger partial charge is 0.693 e. The average molecular weight is 586 g/mol. The van der Waals surface area contributed by atoms with E-state index in [9.17, 15) is 24.9 Å². The third-order valence-electron chi connectivity index (χ3n) is 3.47. The number of carboxylic acids is 2. The van der Waals surface area contributed by atoms with Gasteiger partial charge in [0.15, 0.2) is 6.29 Å². The fourth-order valence-corrected chi connectivity index (χ4v) is 2.16. The maximum absolute atomic E-state index is 10.9. The molecule has 1 aliphatic heterocycles. The van der Waals surface area contributed by atoms with Crippen molar-refractivity contribution in [2.75, 3.05) is 13.2 Å². The molecule has 0 aromatic carbocycles. The van der Waals surface area contributed by atoms with Gasteiger partial charge in [-0.15, -0.1) is 0 Å². The van der Waals surface area contributed by atoms with Gasteiger partial charge in [0.2, 0.25) is 4.87 Å². The van der Waals surface area contributed by atoms with E-state index in [1.807, 2.05) is 0 Å².